The maximum Gasteiger partial charge on any atom is 0.229 e. The molecule has 6 rings (SSSR count). The molecule has 1 heterocycles. The van der Waals surface area contributed by atoms with Gasteiger partial charge in [-0.25, -0.2) is 4.98 Å². The number of benzene rings is 1. The molecular weight excluding hydrogens is 348 g/mol. The average Bonchev–Trinajstić information content (AvgIpc) is 2.71. The zero-order chi connectivity index (χ0) is 19.1. The first-order chi connectivity index (χ1) is 13.6. The van der Waals surface area contributed by atoms with E-state index >= 15 is 0 Å². The Hall–Kier alpha value is -2.65. The summed E-state index contributed by atoms with van der Waals surface area (Å²) in [7, 11) is 0. The van der Waals surface area contributed by atoms with Crippen LogP contribution in [0, 0.1) is 34.5 Å². The Balaban J connectivity index is 1.34. The molecule has 1 unspecified atom stereocenters. The highest BCUT2D eigenvalue weighted by atomic mass is 15.1. The van der Waals surface area contributed by atoms with Gasteiger partial charge in [0.1, 0.15) is 17.5 Å². The predicted octanol–water partition coefficient (Wildman–Crippen LogP) is 3.66. The summed E-state index contributed by atoms with van der Waals surface area (Å²) in [6, 6.07) is 12.4. The lowest BCUT2D eigenvalue weighted by Gasteiger charge is -2.59. The van der Waals surface area contributed by atoms with Crippen LogP contribution in [0.25, 0.3) is 0 Å². The van der Waals surface area contributed by atoms with Crippen LogP contribution in [0.5, 0.6) is 0 Å². The van der Waals surface area contributed by atoms with Gasteiger partial charge in [-0.15, -0.1) is 0 Å². The lowest BCUT2D eigenvalue weighted by Crippen LogP contribution is -2.58. The summed E-state index contributed by atoms with van der Waals surface area (Å²) in [5.41, 5.74) is 8.19. The standard InChI is InChI=1S/C22H26N6/c23-11-17-12-25-21(27-18-4-2-1-3-5-18)28-20(17)26-13-22-8-14-6-15(9-22)19(24)16(7-14)10-22/h1-5,12,14-16,19H,6-10,13,24H2,(H2,25,26,27,28)/t14?,15-,16+,19-,22-. The molecule has 5 atom stereocenters. The monoisotopic (exact) mass is 374 g/mol. The topological polar surface area (TPSA) is 99.6 Å². The van der Waals surface area contributed by atoms with E-state index in [1.165, 1.54) is 32.1 Å². The van der Waals surface area contributed by atoms with Gasteiger partial charge < -0.3 is 16.4 Å². The molecule has 4 N–H and O–H groups in total. The molecule has 1 aromatic carbocycles. The Bertz CT molecular complexity index is 889. The van der Waals surface area contributed by atoms with Crippen LogP contribution in [0.3, 0.4) is 0 Å². The SMILES string of the molecule is N#Cc1cnc(Nc2ccccc2)nc1NC[C@]12CC3C[C@H](C1)[C@@H](N)[C@@H](C3)C2. The van der Waals surface area contributed by atoms with Gasteiger partial charge in [-0.2, -0.15) is 10.2 Å². The van der Waals surface area contributed by atoms with Gasteiger partial charge in [0.25, 0.3) is 0 Å². The van der Waals surface area contributed by atoms with Crippen LogP contribution in [0.15, 0.2) is 36.5 Å². The van der Waals surface area contributed by atoms with Crippen LogP contribution < -0.4 is 16.4 Å². The Morgan fingerprint density at radius 1 is 1.14 bits per heavy atom. The van der Waals surface area contributed by atoms with Crippen molar-refractivity contribution < 1.29 is 0 Å². The molecule has 0 saturated heterocycles. The third-order valence-electron chi connectivity index (χ3n) is 7.04. The minimum Gasteiger partial charge on any atom is -0.368 e. The van der Waals surface area contributed by atoms with Crippen LogP contribution in [-0.4, -0.2) is 22.6 Å². The third kappa shape index (κ3) is 3.10. The van der Waals surface area contributed by atoms with E-state index < -0.39 is 0 Å². The number of nitriles is 1. The number of rotatable bonds is 5. The van der Waals surface area contributed by atoms with E-state index in [9.17, 15) is 5.26 Å². The van der Waals surface area contributed by atoms with E-state index in [1.54, 1.807) is 6.20 Å². The van der Waals surface area contributed by atoms with Crippen molar-refractivity contribution in [3.63, 3.8) is 0 Å². The summed E-state index contributed by atoms with van der Waals surface area (Å²) in [5, 5.41) is 16.2. The summed E-state index contributed by atoms with van der Waals surface area (Å²) in [4.78, 5) is 8.88. The Morgan fingerprint density at radius 3 is 2.61 bits per heavy atom. The minimum absolute atomic E-state index is 0.303. The molecule has 0 spiro atoms. The van der Waals surface area contributed by atoms with Crippen LogP contribution >= 0.6 is 0 Å². The number of nitrogens with two attached hydrogens (primary N) is 1. The van der Waals surface area contributed by atoms with Crippen LogP contribution in [0.4, 0.5) is 17.5 Å². The van der Waals surface area contributed by atoms with Crippen molar-refractivity contribution in [2.45, 2.75) is 38.1 Å². The van der Waals surface area contributed by atoms with Crippen molar-refractivity contribution in [2.24, 2.45) is 28.9 Å². The van der Waals surface area contributed by atoms with Crippen molar-refractivity contribution in [2.75, 3.05) is 17.2 Å². The van der Waals surface area contributed by atoms with Crippen LogP contribution in [0.1, 0.15) is 37.7 Å². The summed E-state index contributed by atoms with van der Waals surface area (Å²) in [6.45, 7) is 0.861. The largest absolute Gasteiger partial charge is 0.368 e. The Labute approximate surface area is 165 Å². The van der Waals surface area contributed by atoms with Gasteiger partial charge in [0.2, 0.25) is 5.95 Å². The van der Waals surface area contributed by atoms with Gasteiger partial charge in [-0.05, 0) is 67.4 Å². The minimum atomic E-state index is 0.303. The second kappa shape index (κ2) is 6.75. The first-order valence-electron chi connectivity index (χ1n) is 10.2. The van der Waals surface area contributed by atoms with Crippen LogP contribution in [-0.2, 0) is 0 Å². The van der Waals surface area contributed by atoms with E-state index in [2.05, 4.69) is 26.7 Å². The smallest absolute Gasteiger partial charge is 0.229 e. The van der Waals surface area contributed by atoms with Gasteiger partial charge in [0, 0.05) is 18.3 Å². The normalized spacial score (nSPS) is 32.7. The number of anilines is 3. The summed E-state index contributed by atoms with van der Waals surface area (Å²) in [6.07, 6.45) is 7.90. The zero-order valence-electron chi connectivity index (χ0n) is 15.9. The molecule has 4 fully saturated rings. The molecule has 6 heteroatoms. The maximum atomic E-state index is 9.49. The molecule has 4 aliphatic rings. The third-order valence-corrected chi connectivity index (χ3v) is 7.04. The van der Waals surface area contributed by atoms with Crippen molar-refractivity contribution >= 4 is 17.5 Å². The van der Waals surface area contributed by atoms with Gasteiger partial charge in [0.05, 0.1) is 6.20 Å². The molecule has 0 radical (unpaired) electrons. The number of hydrogen-bond acceptors (Lipinski definition) is 6. The summed E-state index contributed by atoms with van der Waals surface area (Å²) < 4.78 is 0. The quantitative estimate of drug-likeness (QED) is 0.739. The summed E-state index contributed by atoms with van der Waals surface area (Å²) >= 11 is 0. The molecular formula is C22H26N6. The predicted molar refractivity (Wildman–Crippen MR) is 109 cm³/mol. The second-order valence-corrected chi connectivity index (χ2v) is 8.96. The number of aromatic nitrogens is 2. The van der Waals surface area contributed by atoms with Gasteiger partial charge >= 0.3 is 0 Å². The molecule has 0 aliphatic heterocycles. The fourth-order valence-electron chi connectivity index (χ4n) is 6.03. The highest BCUT2D eigenvalue weighted by Crippen LogP contribution is 2.59. The first kappa shape index (κ1) is 17.4. The van der Waals surface area contributed by atoms with Crippen molar-refractivity contribution in [3.05, 3.63) is 42.1 Å². The number of nitrogens with zero attached hydrogens (tertiary/aromatic N) is 3. The molecule has 2 aromatic rings. The second-order valence-electron chi connectivity index (χ2n) is 8.96. The molecule has 6 nitrogen and oxygen atoms in total. The van der Waals surface area contributed by atoms with Gasteiger partial charge in [-0.3, -0.25) is 0 Å². The zero-order valence-corrected chi connectivity index (χ0v) is 15.9. The van der Waals surface area contributed by atoms with E-state index in [0.29, 0.717) is 40.6 Å². The highest BCUT2D eigenvalue weighted by Gasteiger charge is 2.54. The summed E-state index contributed by atoms with van der Waals surface area (Å²) in [5.74, 6) is 3.29. The van der Waals surface area contributed by atoms with E-state index in [1.807, 2.05) is 30.3 Å². The number of nitrogens with one attached hydrogen (secondary N) is 2. The first-order valence-corrected chi connectivity index (χ1v) is 10.2. The Morgan fingerprint density at radius 2 is 1.89 bits per heavy atom. The molecule has 1 aromatic heterocycles. The van der Waals surface area contributed by atoms with Crippen molar-refractivity contribution in [1.29, 1.82) is 5.26 Å². The lowest BCUT2D eigenvalue weighted by molar-refractivity contribution is -0.0591. The van der Waals surface area contributed by atoms with E-state index in [4.69, 9.17) is 5.73 Å². The molecule has 4 bridgehead atoms. The molecule has 28 heavy (non-hydrogen) atoms. The van der Waals surface area contributed by atoms with Crippen molar-refractivity contribution in [1.82, 2.24) is 9.97 Å². The molecule has 4 saturated carbocycles. The average molecular weight is 374 g/mol. The van der Waals surface area contributed by atoms with E-state index in [-0.39, 0.29) is 0 Å². The fourth-order valence-corrected chi connectivity index (χ4v) is 6.03. The van der Waals surface area contributed by atoms with Crippen LogP contribution in [0.2, 0.25) is 0 Å². The molecule has 4 aliphatic carbocycles. The van der Waals surface area contributed by atoms with Gasteiger partial charge in [0.15, 0.2) is 0 Å². The van der Waals surface area contributed by atoms with Crippen molar-refractivity contribution in [3.8, 4) is 6.07 Å². The maximum absolute atomic E-state index is 9.49. The highest BCUT2D eigenvalue weighted by molar-refractivity contribution is 5.58. The number of hydrogen-bond donors (Lipinski definition) is 3. The molecule has 0 amide bonds. The molecule has 144 valence electrons. The van der Waals surface area contributed by atoms with E-state index in [0.717, 1.165) is 18.2 Å². The Kier molecular flexibility index (Phi) is 4.21. The number of para-hydroxylation sites is 1. The van der Waals surface area contributed by atoms with Gasteiger partial charge in [-0.1, -0.05) is 18.2 Å². The lowest BCUT2D eigenvalue weighted by atomic mass is 9.48. The fraction of sp³-hybridized carbons (Fsp3) is 0.500.